The zero-order valence-corrected chi connectivity index (χ0v) is 10.3. The molecule has 1 nitrogen and oxygen atoms in total. The second-order valence-corrected chi connectivity index (χ2v) is 4.25. The number of nitrogens with one attached hydrogen (secondary N) is 1. The van der Waals surface area contributed by atoms with Gasteiger partial charge in [-0.2, -0.15) is 0 Å². The van der Waals surface area contributed by atoms with Crippen LogP contribution >= 0.6 is 0 Å². The van der Waals surface area contributed by atoms with E-state index in [9.17, 15) is 0 Å². The maximum Gasteiger partial charge on any atom is 0.0376 e. The summed E-state index contributed by atoms with van der Waals surface area (Å²) in [6, 6.07) is 19.2. The predicted molar refractivity (Wildman–Crippen MR) is 74.5 cm³/mol. The monoisotopic (exact) mass is 225 g/mol. The highest BCUT2D eigenvalue weighted by Crippen LogP contribution is 2.18. The Morgan fingerprint density at radius 2 is 1.59 bits per heavy atom. The summed E-state index contributed by atoms with van der Waals surface area (Å²) < 4.78 is 0. The molecule has 0 fully saturated rings. The molecule has 0 aliphatic heterocycles. The fourth-order valence-corrected chi connectivity index (χ4v) is 1.92. The Labute approximate surface area is 103 Å². The molecule has 0 amide bonds. The van der Waals surface area contributed by atoms with Gasteiger partial charge in [0.05, 0.1) is 0 Å². The van der Waals surface area contributed by atoms with Gasteiger partial charge in [0, 0.05) is 12.2 Å². The third kappa shape index (κ3) is 3.35. The summed E-state index contributed by atoms with van der Waals surface area (Å²) in [5.41, 5.74) is 3.99. The van der Waals surface area contributed by atoms with Crippen molar-refractivity contribution in [1.82, 2.24) is 0 Å². The number of rotatable bonds is 5. The molecule has 2 aromatic rings. The van der Waals surface area contributed by atoms with Crippen LogP contribution in [0.3, 0.4) is 0 Å². The molecular weight excluding hydrogens is 206 g/mol. The molecule has 1 heteroatoms. The molecular formula is C16H19N. The fraction of sp³-hybridized carbons (Fsp3) is 0.250. The first kappa shape index (κ1) is 11.7. The van der Waals surface area contributed by atoms with E-state index < -0.39 is 0 Å². The van der Waals surface area contributed by atoms with E-state index >= 15 is 0 Å². The molecule has 0 aliphatic carbocycles. The van der Waals surface area contributed by atoms with Crippen LogP contribution in [0.5, 0.6) is 0 Å². The Morgan fingerprint density at radius 3 is 2.35 bits per heavy atom. The van der Waals surface area contributed by atoms with E-state index in [1.807, 2.05) is 0 Å². The van der Waals surface area contributed by atoms with Crippen LogP contribution in [0, 0.1) is 0 Å². The van der Waals surface area contributed by atoms with Gasteiger partial charge in [-0.25, -0.2) is 0 Å². The summed E-state index contributed by atoms with van der Waals surface area (Å²) in [7, 11) is 0. The molecule has 0 unspecified atom stereocenters. The van der Waals surface area contributed by atoms with Gasteiger partial charge < -0.3 is 5.32 Å². The van der Waals surface area contributed by atoms with E-state index in [4.69, 9.17) is 0 Å². The molecule has 0 atom stereocenters. The van der Waals surface area contributed by atoms with E-state index in [0.29, 0.717) is 0 Å². The van der Waals surface area contributed by atoms with Gasteiger partial charge in [0.15, 0.2) is 0 Å². The standard InChI is InChI=1S/C16H19N/c1-2-12-17-16-11-7-6-10-15(16)13-14-8-4-3-5-9-14/h3-11,17H,2,12-13H2,1H3. The minimum atomic E-state index is 0.994. The molecule has 0 bridgehead atoms. The molecule has 0 saturated heterocycles. The Morgan fingerprint density at radius 1 is 0.882 bits per heavy atom. The number of para-hydroxylation sites is 1. The van der Waals surface area contributed by atoms with Crippen molar-refractivity contribution in [3.63, 3.8) is 0 Å². The maximum absolute atomic E-state index is 3.48. The van der Waals surface area contributed by atoms with Gasteiger partial charge in [-0.1, -0.05) is 55.5 Å². The first-order valence-corrected chi connectivity index (χ1v) is 6.26. The van der Waals surface area contributed by atoms with Crippen LogP contribution in [-0.2, 0) is 6.42 Å². The summed E-state index contributed by atoms with van der Waals surface area (Å²) in [6.45, 7) is 3.22. The van der Waals surface area contributed by atoms with Crippen molar-refractivity contribution in [2.75, 3.05) is 11.9 Å². The van der Waals surface area contributed by atoms with Crippen LogP contribution in [0.15, 0.2) is 54.6 Å². The van der Waals surface area contributed by atoms with Crippen molar-refractivity contribution < 1.29 is 0 Å². The van der Waals surface area contributed by atoms with Crippen molar-refractivity contribution in [2.24, 2.45) is 0 Å². The molecule has 2 aromatic carbocycles. The maximum atomic E-state index is 3.48. The second kappa shape index (κ2) is 6.09. The first-order valence-electron chi connectivity index (χ1n) is 6.26. The topological polar surface area (TPSA) is 12.0 Å². The van der Waals surface area contributed by atoms with Crippen molar-refractivity contribution in [3.8, 4) is 0 Å². The molecule has 0 aromatic heterocycles. The van der Waals surface area contributed by atoms with E-state index in [1.165, 1.54) is 16.8 Å². The number of anilines is 1. The van der Waals surface area contributed by atoms with Crippen molar-refractivity contribution in [1.29, 1.82) is 0 Å². The molecule has 0 radical (unpaired) electrons. The number of hydrogen-bond donors (Lipinski definition) is 1. The highest BCUT2D eigenvalue weighted by Gasteiger charge is 2.01. The van der Waals surface area contributed by atoms with Gasteiger partial charge in [0.1, 0.15) is 0 Å². The average Bonchev–Trinajstić information content (AvgIpc) is 2.39. The predicted octanol–water partition coefficient (Wildman–Crippen LogP) is 4.10. The molecule has 0 heterocycles. The molecule has 2 rings (SSSR count). The Hall–Kier alpha value is -1.76. The Balaban J connectivity index is 2.15. The first-order chi connectivity index (χ1) is 8.40. The van der Waals surface area contributed by atoms with Crippen LogP contribution in [0.4, 0.5) is 5.69 Å². The third-order valence-corrected chi connectivity index (χ3v) is 2.82. The second-order valence-electron chi connectivity index (χ2n) is 4.25. The number of hydrogen-bond acceptors (Lipinski definition) is 1. The summed E-state index contributed by atoms with van der Waals surface area (Å²) in [6.07, 6.45) is 2.15. The zero-order chi connectivity index (χ0) is 11.9. The van der Waals surface area contributed by atoms with Crippen LogP contribution in [0.1, 0.15) is 24.5 Å². The van der Waals surface area contributed by atoms with Crippen molar-refractivity contribution in [3.05, 3.63) is 65.7 Å². The summed E-state index contributed by atoms with van der Waals surface area (Å²) >= 11 is 0. The summed E-state index contributed by atoms with van der Waals surface area (Å²) in [5, 5.41) is 3.48. The smallest absolute Gasteiger partial charge is 0.0376 e. The van der Waals surface area contributed by atoms with Gasteiger partial charge in [-0.3, -0.25) is 0 Å². The normalized spacial score (nSPS) is 10.2. The van der Waals surface area contributed by atoms with Gasteiger partial charge in [0.25, 0.3) is 0 Å². The minimum Gasteiger partial charge on any atom is -0.385 e. The van der Waals surface area contributed by atoms with Gasteiger partial charge in [-0.05, 0) is 30.0 Å². The highest BCUT2D eigenvalue weighted by molar-refractivity contribution is 5.52. The Bertz CT molecular complexity index is 448. The van der Waals surface area contributed by atoms with E-state index in [2.05, 4.69) is 66.8 Å². The lowest BCUT2D eigenvalue weighted by molar-refractivity contribution is 0.974. The van der Waals surface area contributed by atoms with Gasteiger partial charge in [-0.15, -0.1) is 0 Å². The quantitative estimate of drug-likeness (QED) is 0.807. The molecule has 0 aliphatic rings. The van der Waals surface area contributed by atoms with Crippen molar-refractivity contribution in [2.45, 2.75) is 19.8 Å². The summed E-state index contributed by atoms with van der Waals surface area (Å²) in [5.74, 6) is 0. The highest BCUT2D eigenvalue weighted by atomic mass is 14.9. The SMILES string of the molecule is CCCNc1ccccc1Cc1ccccc1. The lowest BCUT2D eigenvalue weighted by atomic mass is 10.0. The molecule has 0 spiro atoms. The van der Waals surface area contributed by atoms with E-state index in [1.54, 1.807) is 0 Å². The van der Waals surface area contributed by atoms with Crippen LogP contribution in [0.25, 0.3) is 0 Å². The molecule has 0 saturated carbocycles. The Kier molecular flexibility index (Phi) is 4.20. The molecule has 1 N–H and O–H groups in total. The molecule has 88 valence electrons. The van der Waals surface area contributed by atoms with E-state index in [0.717, 1.165) is 19.4 Å². The van der Waals surface area contributed by atoms with Crippen LogP contribution in [-0.4, -0.2) is 6.54 Å². The van der Waals surface area contributed by atoms with Crippen molar-refractivity contribution >= 4 is 5.69 Å². The third-order valence-electron chi connectivity index (χ3n) is 2.82. The van der Waals surface area contributed by atoms with E-state index in [-0.39, 0.29) is 0 Å². The minimum absolute atomic E-state index is 0.994. The lowest BCUT2D eigenvalue weighted by Crippen LogP contribution is -2.03. The largest absolute Gasteiger partial charge is 0.385 e. The average molecular weight is 225 g/mol. The molecule has 17 heavy (non-hydrogen) atoms. The summed E-state index contributed by atoms with van der Waals surface area (Å²) in [4.78, 5) is 0. The zero-order valence-electron chi connectivity index (χ0n) is 10.3. The lowest BCUT2D eigenvalue weighted by Gasteiger charge is -2.11. The van der Waals surface area contributed by atoms with Gasteiger partial charge in [0.2, 0.25) is 0 Å². The van der Waals surface area contributed by atoms with Gasteiger partial charge >= 0.3 is 0 Å². The number of benzene rings is 2. The van der Waals surface area contributed by atoms with Crippen LogP contribution < -0.4 is 5.32 Å². The fourth-order valence-electron chi connectivity index (χ4n) is 1.92. The van der Waals surface area contributed by atoms with Crippen LogP contribution in [0.2, 0.25) is 0 Å².